The van der Waals surface area contributed by atoms with Gasteiger partial charge in [-0.25, -0.2) is 0 Å². The van der Waals surface area contributed by atoms with E-state index >= 15 is 0 Å². The maximum atomic E-state index is 13.6. The molecule has 8 N–H and O–H groups in total. The number of nitrogens with one attached hydrogen (secondary N) is 3. The highest BCUT2D eigenvalue weighted by Gasteiger charge is 2.52. The van der Waals surface area contributed by atoms with E-state index in [-0.39, 0.29) is 84.4 Å². The SMILES string of the molecule is COc1cc(O)cc2c1-c1ccc3c4c1[C@@]1(CC[C@H](CC5=C(C#CCc6c(c7c(c(O)c6[C@H]6CC[C@H]8[C@H](CCC(=O)[C@@H]8CCCO)N6)O[C@@H]6CSSC[C@H]8CCC[C@@H](C8)N[C@H]6C=C7)[C@@H](O4)[C@H]3COC(C)=O)NC(N)C=C5)C1)C2. The van der Waals surface area contributed by atoms with Gasteiger partial charge in [0, 0.05) is 107 Å². The molecule has 10 aliphatic rings. The summed E-state index contributed by atoms with van der Waals surface area (Å²) in [5.74, 6) is 11.5. The van der Waals surface area contributed by atoms with E-state index in [1.54, 1.807) is 13.2 Å². The fraction of sp³-hybridized carbons (Fsp3) is 0.556. The Hall–Kier alpha value is -5.08. The van der Waals surface area contributed by atoms with Crippen molar-refractivity contribution >= 4 is 39.4 Å². The van der Waals surface area contributed by atoms with Gasteiger partial charge in [0.2, 0.25) is 0 Å². The third-order valence-electron chi connectivity index (χ3n) is 19.5. The van der Waals surface area contributed by atoms with Gasteiger partial charge in [0.05, 0.1) is 30.9 Å². The molecule has 6 aliphatic heterocycles. The third kappa shape index (κ3) is 9.41. The number of fused-ring (bicyclic) bond motifs is 12. The molecule has 1 unspecified atom stereocenters. The van der Waals surface area contributed by atoms with Gasteiger partial charge in [-0.15, -0.1) is 0 Å². The Morgan fingerprint density at radius 3 is 2.72 bits per heavy atom. The first kappa shape index (κ1) is 52.3. The smallest absolute Gasteiger partial charge is 0.302 e. The van der Waals surface area contributed by atoms with Gasteiger partial charge in [-0.3, -0.25) is 9.59 Å². The number of phenolic OH excluding ortho intramolecular Hbond substituents is 2. The lowest BCUT2D eigenvalue weighted by Crippen LogP contribution is -2.51. The number of ketones is 1. The number of Topliss-reactive ketones (excluding diaryl/α,β-unsaturated/α-hetero) is 1. The van der Waals surface area contributed by atoms with Crippen LogP contribution in [0, 0.1) is 35.5 Å². The second kappa shape index (κ2) is 21.4. The van der Waals surface area contributed by atoms with Gasteiger partial charge in [0.15, 0.2) is 11.5 Å². The first-order chi connectivity index (χ1) is 38.0. The van der Waals surface area contributed by atoms with Crippen LogP contribution in [-0.2, 0) is 32.6 Å². The minimum atomic E-state index is -0.717. The topological polar surface area (TPSA) is 194 Å². The van der Waals surface area contributed by atoms with Crippen LogP contribution in [0.25, 0.3) is 17.2 Å². The van der Waals surface area contributed by atoms with E-state index < -0.39 is 18.2 Å². The van der Waals surface area contributed by atoms with Gasteiger partial charge in [0.25, 0.3) is 0 Å². The molecule has 6 bridgehead atoms. The van der Waals surface area contributed by atoms with Crippen molar-refractivity contribution in [2.45, 2.75) is 164 Å². The van der Waals surface area contributed by atoms with Crippen LogP contribution < -0.4 is 35.9 Å². The maximum Gasteiger partial charge on any atom is 0.302 e. The summed E-state index contributed by atoms with van der Waals surface area (Å²) in [5, 5.41) is 46.2. The molecule has 0 aromatic heterocycles. The van der Waals surface area contributed by atoms with Gasteiger partial charge >= 0.3 is 5.97 Å². The average molecular weight is 1100 g/mol. The molecule has 4 aliphatic carbocycles. The fourth-order valence-corrected chi connectivity index (χ4v) is 18.8. The normalized spacial score (nSPS) is 33.2. The van der Waals surface area contributed by atoms with Gasteiger partial charge < -0.3 is 56.0 Å². The lowest BCUT2D eigenvalue weighted by Gasteiger charge is -2.45. The number of carbonyl (C=O) groups excluding carboxylic acids is 2. The number of benzene rings is 3. The molecule has 0 amide bonds. The van der Waals surface area contributed by atoms with E-state index in [1.807, 2.05) is 33.7 Å². The molecule has 412 valence electrons. The van der Waals surface area contributed by atoms with E-state index in [1.165, 1.54) is 19.8 Å². The molecule has 1 spiro atoms. The zero-order valence-electron chi connectivity index (χ0n) is 44.9. The molecular weight excluding hydrogens is 1020 g/mol. The summed E-state index contributed by atoms with van der Waals surface area (Å²) in [6, 6.07) is 7.84. The van der Waals surface area contributed by atoms with Crippen LogP contribution in [0.5, 0.6) is 28.7 Å². The molecule has 13 nitrogen and oxygen atoms in total. The predicted octanol–water partition coefficient (Wildman–Crippen LogP) is 9.64. The molecule has 6 heterocycles. The van der Waals surface area contributed by atoms with E-state index in [0.717, 1.165) is 118 Å². The number of aromatic hydroxyl groups is 2. The summed E-state index contributed by atoms with van der Waals surface area (Å²) in [6.07, 6.45) is 20.1. The molecule has 2 saturated heterocycles. The van der Waals surface area contributed by atoms with E-state index in [2.05, 4.69) is 58.2 Å². The second-order valence-electron chi connectivity index (χ2n) is 24.2. The Kier molecular flexibility index (Phi) is 14.4. The molecular formula is C63H74N4O9S2. The number of aliphatic hydroxyl groups excluding tert-OH is 1. The summed E-state index contributed by atoms with van der Waals surface area (Å²) in [6.45, 7) is 1.56. The zero-order valence-corrected chi connectivity index (χ0v) is 46.5. The van der Waals surface area contributed by atoms with Crippen molar-refractivity contribution in [2.24, 2.45) is 29.4 Å². The molecule has 0 radical (unpaired) electrons. The molecule has 78 heavy (non-hydrogen) atoms. The van der Waals surface area contributed by atoms with Gasteiger partial charge in [-0.05, 0) is 142 Å². The summed E-state index contributed by atoms with van der Waals surface area (Å²) < 4.78 is 27.6. The Balaban J connectivity index is 1.05. The standard InChI is InChI=1S/C63H74N4O9S2/c1-33(69)74-30-46-42-12-13-44-55-37(26-39(70)27-52(55)73-2)29-63-22-21-34(28-63)24-36-11-20-54(64)67-47(36)10-4-8-43-56(60(46)76-61(42)58(44)63)45-15-16-49-53(32-78-77-31-35-6-3-7-38(25-35)65-49)75-62(45)59(72)57(43)50-17-14-40-41(9-5-23-68)51(71)19-18-48(40)66-50/h11-13,15-16,20,26-27,34-35,38,40-41,46,48-50,53-54,60,65-68,70,72H,3,5-9,14,17-19,21-25,28-32,64H2,1-2H3/t34-,35+,38+,40-,41-,46+,48+,49+,50-,53-,54?,60+,63-/m1/s1. The van der Waals surface area contributed by atoms with Crippen molar-refractivity contribution in [3.05, 3.63) is 92.7 Å². The van der Waals surface area contributed by atoms with Crippen molar-refractivity contribution in [1.29, 1.82) is 0 Å². The van der Waals surface area contributed by atoms with Crippen molar-refractivity contribution in [3.8, 4) is 51.7 Å². The number of methoxy groups -OCH3 is 1. The number of phenols is 2. The van der Waals surface area contributed by atoms with Crippen LogP contribution in [0.15, 0.2) is 53.8 Å². The van der Waals surface area contributed by atoms with Crippen molar-refractivity contribution in [1.82, 2.24) is 16.0 Å². The number of allylic oxidation sites excluding steroid dienone is 3. The highest BCUT2D eigenvalue weighted by Crippen LogP contribution is 2.64. The Labute approximate surface area is 466 Å². The first-order valence-corrected chi connectivity index (χ1v) is 31.4. The number of rotatable bonds is 7. The third-order valence-corrected chi connectivity index (χ3v) is 22.1. The maximum absolute atomic E-state index is 13.6. The van der Waals surface area contributed by atoms with Gasteiger partial charge in [0.1, 0.15) is 41.8 Å². The molecule has 3 aromatic carbocycles. The number of piperidine rings is 1. The minimum Gasteiger partial charge on any atom is -0.508 e. The highest BCUT2D eigenvalue weighted by molar-refractivity contribution is 8.76. The summed E-state index contributed by atoms with van der Waals surface area (Å²) >= 11 is 0. The quantitative estimate of drug-likeness (QED) is 0.0671. The lowest BCUT2D eigenvalue weighted by molar-refractivity contribution is -0.142. The van der Waals surface area contributed by atoms with Crippen molar-refractivity contribution in [3.63, 3.8) is 0 Å². The number of hydrogen-bond donors (Lipinski definition) is 7. The molecule has 5 fully saturated rings. The monoisotopic (exact) mass is 1090 g/mol. The van der Waals surface area contributed by atoms with Crippen LogP contribution in [0.3, 0.4) is 0 Å². The Bertz CT molecular complexity index is 3070. The molecule has 3 aromatic rings. The van der Waals surface area contributed by atoms with Crippen LogP contribution in [0.4, 0.5) is 0 Å². The van der Waals surface area contributed by atoms with Crippen molar-refractivity contribution in [2.75, 3.05) is 31.8 Å². The highest BCUT2D eigenvalue weighted by atomic mass is 33.1. The number of esters is 1. The number of hydrogen-bond acceptors (Lipinski definition) is 15. The summed E-state index contributed by atoms with van der Waals surface area (Å²) in [5.41, 5.74) is 16.4. The van der Waals surface area contributed by atoms with Gasteiger partial charge in [-0.1, -0.05) is 64.3 Å². The van der Waals surface area contributed by atoms with E-state index in [0.29, 0.717) is 73.7 Å². The summed E-state index contributed by atoms with van der Waals surface area (Å²) in [7, 11) is 5.44. The largest absolute Gasteiger partial charge is 0.508 e. The zero-order chi connectivity index (χ0) is 53.4. The Morgan fingerprint density at radius 1 is 0.974 bits per heavy atom. The van der Waals surface area contributed by atoms with E-state index in [4.69, 9.17) is 24.7 Å². The minimum absolute atomic E-state index is 0.0174. The number of dihydropyridines is 1. The molecule has 13 atom stereocenters. The summed E-state index contributed by atoms with van der Waals surface area (Å²) in [4.78, 5) is 26.7. The molecule has 13 rings (SSSR count). The second-order valence-corrected chi connectivity index (χ2v) is 26.7. The Morgan fingerprint density at radius 2 is 1.86 bits per heavy atom. The van der Waals surface area contributed by atoms with Gasteiger partial charge in [-0.2, -0.15) is 0 Å². The number of aliphatic hydroxyl groups is 1. The van der Waals surface area contributed by atoms with E-state index in [9.17, 15) is 24.9 Å². The van der Waals surface area contributed by atoms with Crippen LogP contribution in [0.1, 0.15) is 154 Å². The first-order valence-electron chi connectivity index (χ1n) is 28.9. The predicted molar refractivity (Wildman–Crippen MR) is 305 cm³/mol. The van der Waals surface area contributed by atoms with Crippen LogP contribution >= 0.6 is 21.6 Å². The lowest BCUT2D eigenvalue weighted by atomic mass is 9.65. The number of carbonyl (C=O) groups is 2. The molecule has 15 heteroatoms. The van der Waals surface area contributed by atoms with Crippen LogP contribution in [-0.4, -0.2) is 89.3 Å². The van der Waals surface area contributed by atoms with Crippen LogP contribution in [0.2, 0.25) is 0 Å². The average Bonchev–Trinajstić information content (AvgIpc) is 3.99. The number of ether oxygens (including phenoxy) is 4. The fourth-order valence-electron chi connectivity index (χ4n) is 16.1. The molecule has 3 saturated carbocycles. The number of nitrogens with two attached hydrogens (primary N) is 1. The van der Waals surface area contributed by atoms with Crippen molar-refractivity contribution < 1.29 is 43.9 Å².